The van der Waals surface area contributed by atoms with E-state index >= 15 is 0 Å². The molecule has 150 valence electrons. The summed E-state index contributed by atoms with van der Waals surface area (Å²) >= 11 is 6.18. The Morgan fingerprint density at radius 3 is 2.46 bits per heavy atom. The second-order valence-corrected chi connectivity index (χ2v) is 9.60. The molecule has 0 saturated carbocycles. The van der Waals surface area contributed by atoms with Crippen molar-refractivity contribution in [3.05, 3.63) is 58.1 Å². The molecule has 1 aliphatic heterocycles. The van der Waals surface area contributed by atoms with Gasteiger partial charge < -0.3 is 4.90 Å². The van der Waals surface area contributed by atoms with Crippen molar-refractivity contribution in [2.24, 2.45) is 5.92 Å². The summed E-state index contributed by atoms with van der Waals surface area (Å²) in [5, 5.41) is 0.0848. The minimum Gasteiger partial charge on any atom is -0.339 e. The lowest BCUT2D eigenvalue weighted by atomic mass is 9.98. The van der Waals surface area contributed by atoms with Crippen molar-refractivity contribution in [2.45, 2.75) is 38.5 Å². The number of carbonyl (C=O) groups excluding carboxylic acids is 1. The lowest BCUT2D eigenvalue weighted by molar-refractivity contribution is 0.0697. The van der Waals surface area contributed by atoms with Crippen LogP contribution in [0.4, 0.5) is 5.69 Å². The van der Waals surface area contributed by atoms with Crippen LogP contribution in [0.15, 0.2) is 41.3 Å². The van der Waals surface area contributed by atoms with Crippen molar-refractivity contribution in [1.82, 2.24) is 4.90 Å². The van der Waals surface area contributed by atoms with Gasteiger partial charge in [-0.1, -0.05) is 30.7 Å². The van der Waals surface area contributed by atoms with Crippen LogP contribution in [0.3, 0.4) is 0 Å². The first-order chi connectivity index (χ1) is 13.2. The summed E-state index contributed by atoms with van der Waals surface area (Å²) in [6, 6.07) is 9.96. The van der Waals surface area contributed by atoms with Crippen LogP contribution in [0.25, 0.3) is 0 Å². The SMILES string of the molecule is Cc1ccc(C)c(NS(=O)(=O)c2cc(C(=O)N3CCC(C)CC3)ccc2Cl)c1. The van der Waals surface area contributed by atoms with Gasteiger partial charge in [0.15, 0.2) is 0 Å². The first-order valence-corrected chi connectivity index (χ1v) is 11.2. The first-order valence-electron chi connectivity index (χ1n) is 9.36. The summed E-state index contributed by atoms with van der Waals surface area (Å²) in [6.07, 6.45) is 1.91. The number of piperidine rings is 1. The molecule has 5 nitrogen and oxygen atoms in total. The summed E-state index contributed by atoms with van der Waals surface area (Å²) in [7, 11) is -3.93. The fourth-order valence-corrected chi connectivity index (χ4v) is 4.93. The van der Waals surface area contributed by atoms with Crippen molar-refractivity contribution in [1.29, 1.82) is 0 Å². The molecule has 28 heavy (non-hydrogen) atoms. The maximum absolute atomic E-state index is 13.0. The zero-order valence-corrected chi connectivity index (χ0v) is 17.9. The van der Waals surface area contributed by atoms with Gasteiger partial charge in [0.1, 0.15) is 4.90 Å². The standard InChI is InChI=1S/C21H25ClN2O3S/c1-14-8-10-24(11-9-14)21(25)17-6-7-18(22)20(13-17)28(26,27)23-19-12-15(2)4-5-16(19)3/h4-7,12-14,23H,8-11H2,1-3H3. The number of amides is 1. The van der Waals surface area contributed by atoms with Gasteiger partial charge in [0.05, 0.1) is 10.7 Å². The van der Waals surface area contributed by atoms with E-state index in [-0.39, 0.29) is 15.8 Å². The molecule has 0 spiro atoms. The van der Waals surface area contributed by atoms with E-state index in [9.17, 15) is 13.2 Å². The average Bonchev–Trinajstić information content (AvgIpc) is 2.65. The zero-order valence-electron chi connectivity index (χ0n) is 16.3. The molecular weight excluding hydrogens is 396 g/mol. The largest absolute Gasteiger partial charge is 0.339 e. The highest BCUT2D eigenvalue weighted by Crippen LogP contribution is 2.28. The molecule has 3 rings (SSSR count). The maximum atomic E-state index is 13.0. The van der Waals surface area contributed by atoms with E-state index in [1.165, 1.54) is 12.1 Å². The first kappa shape index (κ1) is 20.7. The van der Waals surface area contributed by atoms with Gasteiger partial charge in [-0.05, 0) is 68.0 Å². The molecular formula is C21H25ClN2O3S. The van der Waals surface area contributed by atoms with E-state index in [0.717, 1.165) is 24.0 Å². The van der Waals surface area contributed by atoms with Crippen LogP contribution in [0.2, 0.25) is 5.02 Å². The second kappa shape index (κ2) is 8.13. The monoisotopic (exact) mass is 420 g/mol. The van der Waals surface area contributed by atoms with Crippen LogP contribution in [-0.2, 0) is 10.0 Å². The van der Waals surface area contributed by atoms with Crippen LogP contribution in [0, 0.1) is 19.8 Å². The molecule has 0 atom stereocenters. The van der Waals surface area contributed by atoms with Crippen molar-refractivity contribution < 1.29 is 13.2 Å². The Kier molecular flexibility index (Phi) is 6.01. The third-order valence-corrected chi connectivity index (χ3v) is 7.02. The molecule has 1 N–H and O–H groups in total. The lowest BCUT2D eigenvalue weighted by Crippen LogP contribution is -2.38. The minimum absolute atomic E-state index is 0.0848. The van der Waals surface area contributed by atoms with Crippen molar-refractivity contribution >= 4 is 33.2 Å². The molecule has 0 aliphatic carbocycles. The van der Waals surface area contributed by atoms with Crippen LogP contribution < -0.4 is 4.72 Å². The molecule has 1 amide bonds. The van der Waals surface area contributed by atoms with Crippen molar-refractivity contribution in [3.8, 4) is 0 Å². The number of likely N-dealkylation sites (tertiary alicyclic amines) is 1. The highest BCUT2D eigenvalue weighted by atomic mass is 35.5. The van der Waals surface area contributed by atoms with E-state index in [1.54, 1.807) is 17.0 Å². The molecule has 2 aromatic rings. The number of hydrogen-bond acceptors (Lipinski definition) is 3. The lowest BCUT2D eigenvalue weighted by Gasteiger charge is -2.30. The maximum Gasteiger partial charge on any atom is 0.263 e. The normalized spacial score (nSPS) is 15.5. The number of anilines is 1. The van der Waals surface area contributed by atoms with Crippen molar-refractivity contribution in [2.75, 3.05) is 17.8 Å². The average molecular weight is 421 g/mol. The van der Waals surface area contributed by atoms with Crippen LogP contribution in [0.5, 0.6) is 0 Å². The topological polar surface area (TPSA) is 66.5 Å². The van der Waals surface area contributed by atoms with Gasteiger partial charge >= 0.3 is 0 Å². The predicted octanol–water partition coefficient (Wildman–Crippen LogP) is 4.63. The van der Waals surface area contributed by atoms with Gasteiger partial charge in [0.2, 0.25) is 0 Å². The Morgan fingerprint density at radius 1 is 1.11 bits per heavy atom. The molecule has 0 bridgehead atoms. The number of hydrogen-bond donors (Lipinski definition) is 1. The van der Waals surface area contributed by atoms with Gasteiger partial charge in [0, 0.05) is 18.7 Å². The fourth-order valence-electron chi connectivity index (χ4n) is 3.28. The van der Waals surface area contributed by atoms with Gasteiger partial charge in [0.25, 0.3) is 15.9 Å². The van der Waals surface area contributed by atoms with Crippen molar-refractivity contribution in [3.63, 3.8) is 0 Å². The Bertz CT molecular complexity index is 997. The molecule has 1 heterocycles. The van der Waals surface area contributed by atoms with Crippen LogP contribution in [0.1, 0.15) is 41.3 Å². The summed E-state index contributed by atoms with van der Waals surface area (Å²) in [6.45, 7) is 7.27. The smallest absolute Gasteiger partial charge is 0.263 e. The van der Waals surface area contributed by atoms with E-state index < -0.39 is 10.0 Å². The minimum atomic E-state index is -3.93. The van der Waals surface area contributed by atoms with Gasteiger partial charge in [-0.15, -0.1) is 0 Å². The second-order valence-electron chi connectivity index (χ2n) is 7.54. The third-order valence-electron chi connectivity index (χ3n) is 5.18. The number of rotatable bonds is 4. The quantitative estimate of drug-likeness (QED) is 0.784. The van der Waals surface area contributed by atoms with Crippen LogP contribution >= 0.6 is 11.6 Å². The number of halogens is 1. The third kappa shape index (κ3) is 4.50. The summed E-state index contributed by atoms with van der Waals surface area (Å²) in [5.41, 5.74) is 2.58. The molecule has 1 aliphatic rings. The number of nitrogens with one attached hydrogen (secondary N) is 1. The Morgan fingerprint density at radius 2 is 1.79 bits per heavy atom. The fraction of sp³-hybridized carbons (Fsp3) is 0.381. The highest BCUT2D eigenvalue weighted by Gasteiger charge is 2.25. The molecule has 1 saturated heterocycles. The number of sulfonamides is 1. The molecule has 0 radical (unpaired) electrons. The highest BCUT2D eigenvalue weighted by molar-refractivity contribution is 7.92. The number of benzene rings is 2. The summed E-state index contributed by atoms with van der Waals surface area (Å²) in [5.74, 6) is 0.443. The number of carbonyl (C=O) groups is 1. The van der Waals surface area contributed by atoms with E-state index in [1.807, 2.05) is 26.0 Å². The molecule has 1 fully saturated rings. The number of aryl methyl sites for hydroxylation is 2. The predicted molar refractivity (Wildman–Crippen MR) is 112 cm³/mol. The molecule has 2 aromatic carbocycles. The Hall–Kier alpha value is -2.05. The van der Waals surface area contributed by atoms with Gasteiger partial charge in [-0.3, -0.25) is 9.52 Å². The van der Waals surface area contributed by atoms with E-state index in [2.05, 4.69) is 11.6 Å². The Balaban J connectivity index is 1.90. The molecule has 7 heteroatoms. The molecule has 0 aromatic heterocycles. The Labute approximate surface area is 171 Å². The van der Waals surface area contributed by atoms with Gasteiger partial charge in [-0.25, -0.2) is 8.42 Å². The van der Waals surface area contributed by atoms with E-state index in [0.29, 0.717) is 30.3 Å². The summed E-state index contributed by atoms with van der Waals surface area (Å²) in [4.78, 5) is 14.5. The number of nitrogens with zero attached hydrogens (tertiary/aromatic N) is 1. The van der Waals surface area contributed by atoms with Gasteiger partial charge in [-0.2, -0.15) is 0 Å². The molecule has 0 unspecified atom stereocenters. The van der Waals surface area contributed by atoms with Crippen LogP contribution in [-0.4, -0.2) is 32.3 Å². The summed E-state index contributed by atoms with van der Waals surface area (Å²) < 4.78 is 28.5. The zero-order chi connectivity index (χ0) is 20.5. The van der Waals surface area contributed by atoms with E-state index in [4.69, 9.17) is 11.6 Å².